The van der Waals surface area contributed by atoms with Crippen LogP contribution in [0.4, 0.5) is 0 Å². The van der Waals surface area contributed by atoms with Gasteiger partial charge in [-0.05, 0) is 47.1 Å². The Kier molecular flexibility index (Phi) is 3.00. The minimum Gasteiger partial charge on any atom is -0.375 e. The Labute approximate surface area is 128 Å². The average Bonchev–Trinajstić information content (AvgIpc) is 2.81. The van der Waals surface area contributed by atoms with E-state index in [1.54, 1.807) is 0 Å². The fourth-order valence-electron chi connectivity index (χ4n) is 5.22. The van der Waals surface area contributed by atoms with E-state index in [9.17, 15) is 0 Å². The molecular formula is C19H27NO. The molecule has 2 bridgehead atoms. The lowest BCUT2D eigenvalue weighted by atomic mass is 9.69. The van der Waals surface area contributed by atoms with E-state index in [1.807, 2.05) is 0 Å². The molecule has 1 heterocycles. The second-order valence-electron chi connectivity index (χ2n) is 8.10. The summed E-state index contributed by atoms with van der Waals surface area (Å²) in [4.78, 5) is 0. The van der Waals surface area contributed by atoms with Gasteiger partial charge in [0.25, 0.3) is 0 Å². The quantitative estimate of drug-likeness (QED) is 0.884. The molecule has 1 N–H and O–H groups in total. The van der Waals surface area contributed by atoms with E-state index in [2.05, 4.69) is 50.4 Å². The van der Waals surface area contributed by atoms with Gasteiger partial charge >= 0.3 is 0 Å². The summed E-state index contributed by atoms with van der Waals surface area (Å²) in [7, 11) is 0. The highest BCUT2D eigenvalue weighted by Crippen LogP contribution is 2.65. The van der Waals surface area contributed by atoms with Crippen molar-refractivity contribution in [1.29, 1.82) is 0 Å². The monoisotopic (exact) mass is 285 g/mol. The van der Waals surface area contributed by atoms with Gasteiger partial charge in [-0.3, -0.25) is 0 Å². The molecule has 4 atom stereocenters. The number of hydrogen-bond acceptors (Lipinski definition) is 2. The highest BCUT2D eigenvalue weighted by molar-refractivity contribution is 5.31. The first-order valence-electron chi connectivity index (χ1n) is 8.44. The average molecular weight is 285 g/mol. The lowest BCUT2D eigenvalue weighted by Gasteiger charge is -2.42. The van der Waals surface area contributed by atoms with Crippen molar-refractivity contribution in [3.8, 4) is 0 Å². The predicted molar refractivity (Wildman–Crippen MR) is 85.0 cm³/mol. The van der Waals surface area contributed by atoms with E-state index < -0.39 is 0 Å². The summed E-state index contributed by atoms with van der Waals surface area (Å²) in [6.45, 7) is 9.06. The van der Waals surface area contributed by atoms with Crippen molar-refractivity contribution < 1.29 is 4.74 Å². The Morgan fingerprint density at radius 3 is 2.71 bits per heavy atom. The molecule has 2 heteroatoms. The normalized spacial score (nSPS) is 40.2. The molecule has 4 unspecified atom stereocenters. The summed E-state index contributed by atoms with van der Waals surface area (Å²) in [5.41, 5.74) is 3.71. The van der Waals surface area contributed by atoms with Crippen LogP contribution in [-0.2, 0) is 11.3 Å². The molecule has 3 aliphatic rings. The van der Waals surface area contributed by atoms with Gasteiger partial charge < -0.3 is 10.1 Å². The largest absolute Gasteiger partial charge is 0.375 e. The van der Waals surface area contributed by atoms with Crippen LogP contribution in [-0.4, -0.2) is 12.6 Å². The van der Waals surface area contributed by atoms with Crippen molar-refractivity contribution >= 4 is 0 Å². The zero-order valence-electron chi connectivity index (χ0n) is 13.5. The van der Waals surface area contributed by atoms with Crippen molar-refractivity contribution in [3.63, 3.8) is 0 Å². The fourth-order valence-corrected chi connectivity index (χ4v) is 5.22. The van der Waals surface area contributed by atoms with Crippen LogP contribution in [0.3, 0.4) is 0 Å². The maximum Gasteiger partial charge on any atom is 0.0721 e. The third-order valence-corrected chi connectivity index (χ3v) is 7.17. The highest BCUT2D eigenvalue weighted by Gasteiger charge is 2.61. The molecule has 21 heavy (non-hydrogen) atoms. The predicted octanol–water partition coefficient (Wildman–Crippen LogP) is 4.06. The van der Waals surface area contributed by atoms with Crippen molar-refractivity contribution in [2.45, 2.75) is 58.7 Å². The number of benzene rings is 1. The second-order valence-corrected chi connectivity index (χ2v) is 8.10. The van der Waals surface area contributed by atoms with Crippen LogP contribution >= 0.6 is 0 Å². The zero-order valence-corrected chi connectivity index (χ0v) is 13.5. The molecule has 0 radical (unpaired) electrons. The minimum atomic E-state index is 0.368. The van der Waals surface area contributed by atoms with Gasteiger partial charge in [-0.25, -0.2) is 0 Å². The van der Waals surface area contributed by atoms with E-state index in [0.29, 0.717) is 22.9 Å². The van der Waals surface area contributed by atoms with Crippen molar-refractivity contribution in [2.24, 2.45) is 16.7 Å². The molecule has 0 amide bonds. The lowest BCUT2D eigenvalue weighted by Crippen LogP contribution is -2.47. The Morgan fingerprint density at radius 2 is 2.00 bits per heavy atom. The zero-order chi connectivity index (χ0) is 14.7. The van der Waals surface area contributed by atoms with Crippen LogP contribution in [0.2, 0.25) is 0 Å². The van der Waals surface area contributed by atoms with Crippen LogP contribution in [0.1, 0.15) is 57.2 Å². The molecule has 0 spiro atoms. The molecule has 2 fully saturated rings. The first-order chi connectivity index (χ1) is 10.0. The summed E-state index contributed by atoms with van der Waals surface area (Å²) < 4.78 is 5.82. The number of ether oxygens (including phenoxy) is 1. The van der Waals surface area contributed by atoms with Crippen LogP contribution in [0.5, 0.6) is 0 Å². The van der Waals surface area contributed by atoms with Crippen LogP contribution in [0.25, 0.3) is 0 Å². The van der Waals surface area contributed by atoms with Gasteiger partial charge in [0.15, 0.2) is 0 Å². The summed E-state index contributed by atoms with van der Waals surface area (Å²) >= 11 is 0. The first kappa shape index (κ1) is 13.8. The summed E-state index contributed by atoms with van der Waals surface area (Å²) in [6, 6.07) is 9.75. The molecule has 1 aromatic rings. The third kappa shape index (κ3) is 1.85. The Hall–Kier alpha value is -0.860. The minimum absolute atomic E-state index is 0.368. The molecule has 2 aliphatic carbocycles. The van der Waals surface area contributed by atoms with Gasteiger partial charge in [0.2, 0.25) is 0 Å². The maximum absolute atomic E-state index is 5.82. The Bertz CT molecular complexity index is 552. The van der Waals surface area contributed by atoms with Crippen molar-refractivity contribution in [3.05, 3.63) is 35.4 Å². The maximum atomic E-state index is 5.82. The van der Waals surface area contributed by atoms with Crippen LogP contribution < -0.4 is 5.32 Å². The van der Waals surface area contributed by atoms with Crippen LogP contribution in [0.15, 0.2) is 24.3 Å². The van der Waals surface area contributed by atoms with E-state index in [0.717, 1.165) is 19.1 Å². The molecule has 1 aromatic carbocycles. The number of nitrogens with one attached hydrogen (secondary N) is 1. The third-order valence-electron chi connectivity index (χ3n) is 7.17. The molecule has 2 saturated carbocycles. The van der Waals surface area contributed by atoms with E-state index in [4.69, 9.17) is 4.74 Å². The second kappa shape index (κ2) is 4.57. The molecule has 4 rings (SSSR count). The topological polar surface area (TPSA) is 21.3 Å². The first-order valence-corrected chi connectivity index (χ1v) is 8.44. The smallest absolute Gasteiger partial charge is 0.0721 e. The van der Waals surface area contributed by atoms with E-state index in [1.165, 1.54) is 30.4 Å². The van der Waals surface area contributed by atoms with Gasteiger partial charge in [0, 0.05) is 6.04 Å². The SMILES string of the molecule is CC1(C)C2CCC1(C)C(NC1COCc3ccccc31)C2. The standard InChI is InChI=1S/C19H27NO/c1-18(2)14-8-9-19(18,3)17(10-14)20-16-12-21-11-13-6-4-5-7-15(13)16/h4-7,14,16-17,20H,8-12H2,1-3H3. The van der Waals surface area contributed by atoms with E-state index >= 15 is 0 Å². The van der Waals surface area contributed by atoms with Gasteiger partial charge in [0.05, 0.1) is 19.3 Å². The highest BCUT2D eigenvalue weighted by atomic mass is 16.5. The fraction of sp³-hybridized carbons (Fsp3) is 0.684. The molecule has 1 aliphatic heterocycles. The molecule has 114 valence electrons. The molecule has 0 saturated heterocycles. The summed E-state index contributed by atoms with van der Waals surface area (Å²) in [6.07, 6.45) is 4.12. The van der Waals surface area contributed by atoms with Crippen molar-refractivity contribution in [2.75, 3.05) is 6.61 Å². The molecule has 0 aromatic heterocycles. The Balaban J connectivity index is 1.59. The number of rotatable bonds is 2. The van der Waals surface area contributed by atoms with Gasteiger partial charge in [-0.2, -0.15) is 0 Å². The van der Waals surface area contributed by atoms with Gasteiger partial charge in [0.1, 0.15) is 0 Å². The van der Waals surface area contributed by atoms with Gasteiger partial charge in [-0.15, -0.1) is 0 Å². The van der Waals surface area contributed by atoms with Crippen LogP contribution in [0, 0.1) is 16.7 Å². The number of hydrogen-bond donors (Lipinski definition) is 1. The van der Waals surface area contributed by atoms with Crippen molar-refractivity contribution in [1.82, 2.24) is 5.32 Å². The molecule has 2 nitrogen and oxygen atoms in total. The van der Waals surface area contributed by atoms with E-state index in [-0.39, 0.29) is 0 Å². The summed E-state index contributed by atoms with van der Waals surface area (Å²) in [5.74, 6) is 0.889. The Morgan fingerprint density at radius 1 is 1.19 bits per heavy atom. The number of fused-ring (bicyclic) bond motifs is 3. The summed E-state index contributed by atoms with van der Waals surface area (Å²) in [5, 5.41) is 3.98. The molecular weight excluding hydrogens is 258 g/mol. The lowest BCUT2D eigenvalue weighted by molar-refractivity contribution is 0.0598. The van der Waals surface area contributed by atoms with Gasteiger partial charge in [-0.1, -0.05) is 45.0 Å².